The molecule has 0 saturated carbocycles. The van der Waals surface area contributed by atoms with E-state index in [0.717, 1.165) is 11.4 Å². The molecule has 2 aromatic heterocycles. The molecule has 0 amide bonds. The van der Waals surface area contributed by atoms with Crippen LogP contribution in [0.5, 0.6) is 0 Å². The first-order chi connectivity index (χ1) is 14.5. The molecule has 4 aromatic rings. The summed E-state index contributed by atoms with van der Waals surface area (Å²) in [4.78, 5) is 24.3. The van der Waals surface area contributed by atoms with Crippen LogP contribution in [-0.4, -0.2) is 30.6 Å². The van der Waals surface area contributed by atoms with Crippen molar-refractivity contribution in [3.8, 4) is 17.1 Å². The number of benzene rings is 2. The van der Waals surface area contributed by atoms with Crippen molar-refractivity contribution in [3.05, 3.63) is 82.1 Å². The molecule has 4 rings (SSSR count). The Labute approximate surface area is 171 Å². The first kappa shape index (κ1) is 19.2. The number of nitrogens with one attached hydrogen (secondary N) is 1. The molecule has 0 bridgehead atoms. The van der Waals surface area contributed by atoms with Crippen molar-refractivity contribution in [1.29, 1.82) is 0 Å². The second-order valence-electron chi connectivity index (χ2n) is 6.64. The molecule has 0 aliphatic rings. The summed E-state index contributed by atoms with van der Waals surface area (Å²) in [6.07, 6.45) is 0. The summed E-state index contributed by atoms with van der Waals surface area (Å²) in [5.41, 5.74) is 2.15. The first-order valence-electron chi connectivity index (χ1n) is 9.20. The Morgan fingerprint density at radius 1 is 1.10 bits per heavy atom. The number of carboxylic acids is 1. The van der Waals surface area contributed by atoms with E-state index in [0.29, 0.717) is 11.3 Å². The van der Waals surface area contributed by atoms with Gasteiger partial charge >= 0.3 is 5.97 Å². The monoisotopic (exact) mass is 405 g/mol. The molecule has 0 aliphatic heterocycles. The number of anilines is 1. The van der Waals surface area contributed by atoms with E-state index in [1.807, 2.05) is 44.3 Å². The van der Waals surface area contributed by atoms with E-state index >= 15 is 0 Å². The highest BCUT2D eigenvalue weighted by Crippen LogP contribution is 2.23. The quantitative estimate of drug-likeness (QED) is 0.507. The van der Waals surface area contributed by atoms with E-state index in [9.17, 15) is 14.7 Å². The maximum Gasteiger partial charge on any atom is 0.336 e. The minimum atomic E-state index is -1.08. The van der Waals surface area contributed by atoms with Gasteiger partial charge in [-0.2, -0.15) is 0 Å². The predicted octanol–water partition coefficient (Wildman–Crippen LogP) is 2.84. The Kier molecular flexibility index (Phi) is 4.93. The normalized spacial score (nSPS) is 10.9. The van der Waals surface area contributed by atoms with Crippen LogP contribution in [0.4, 0.5) is 5.69 Å². The Morgan fingerprint density at radius 2 is 1.80 bits per heavy atom. The Balaban J connectivity index is 1.59. The standard InChI is InChI=1S/C21H19N5O4/c1-13-18(20(27)26(25(13)2)14-8-4-3-5-9-14)22-12-17-23-24-19(30-17)15-10-6-7-11-16(15)21(28)29/h3-11,22H,12H2,1-2H3,(H,28,29). The lowest BCUT2D eigenvalue weighted by Crippen LogP contribution is -2.21. The Bertz CT molecular complexity index is 1270. The van der Waals surface area contributed by atoms with E-state index < -0.39 is 5.97 Å². The number of carboxylic acid groups (broad SMARTS) is 1. The third kappa shape index (κ3) is 3.37. The molecule has 0 fully saturated rings. The van der Waals surface area contributed by atoms with Crippen molar-refractivity contribution in [2.75, 3.05) is 5.32 Å². The average molecular weight is 405 g/mol. The molecule has 0 unspecified atom stereocenters. The summed E-state index contributed by atoms with van der Waals surface area (Å²) in [5, 5.41) is 20.3. The Hall–Kier alpha value is -4.14. The predicted molar refractivity (Wildman–Crippen MR) is 110 cm³/mol. The van der Waals surface area contributed by atoms with Crippen molar-refractivity contribution in [3.63, 3.8) is 0 Å². The van der Waals surface area contributed by atoms with E-state index in [1.54, 1.807) is 27.6 Å². The molecule has 2 heterocycles. The van der Waals surface area contributed by atoms with Gasteiger partial charge < -0.3 is 14.8 Å². The SMILES string of the molecule is Cc1c(NCc2nnc(-c3ccccc3C(=O)O)o2)c(=O)n(-c2ccccc2)n1C. The van der Waals surface area contributed by atoms with Gasteiger partial charge in [0.1, 0.15) is 5.69 Å². The fraction of sp³-hybridized carbons (Fsp3) is 0.143. The summed E-state index contributed by atoms with van der Waals surface area (Å²) >= 11 is 0. The third-order valence-electron chi connectivity index (χ3n) is 4.83. The number of aromatic carboxylic acids is 1. The zero-order chi connectivity index (χ0) is 21.3. The van der Waals surface area contributed by atoms with Crippen LogP contribution in [0.3, 0.4) is 0 Å². The van der Waals surface area contributed by atoms with E-state index in [4.69, 9.17) is 4.42 Å². The Morgan fingerprint density at radius 3 is 2.53 bits per heavy atom. The number of carbonyl (C=O) groups is 1. The summed E-state index contributed by atoms with van der Waals surface area (Å²) in [6, 6.07) is 15.7. The number of hydrogen-bond donors (Lipinski definition) is 2. The van der Waals surface area contributed by atoms with Gasteiger partial charge in [0, 0.05) is 7.05 Å². The summed E-state index contributed by atoms with van der Waals surface area (Å²) in [5.74, 6) is -0.736. The van der Waals surface area contributed by atoms with E-state index in [1.165, 1.54) is 6.07 Å². The topological polar surface area (TPSA) is 115 Å². The molecule has 2 N–H and O–H groups in total. The van der Waals surface area contributed by atoms with Crippen molar-refractivity contribution >= 4 is 11.7 Å². The van der Waals surface area contributed by atoms with Gasteiger partial charge in [-0.3, -0.25) is 9.48 Å². The van der Waals surface area contributed by atoms with Crippen LogP contribution in [0, 0.1) is 6.92 Å². The zero-order valence-corrected chi connectivity index (χ0v) is 16.4. The smallest absolute Gasteiger partial charge is 0.336 e. The molecule has 9 heteroatoms. The molecule has 0 saturated heterocycles. The molecule has 152 valence electrons. The van der Waals surface area contributed by atoms with Crippen LogP contribution >= 0.6 is 0 Å². The minimum absolute atomic E-state index is 0.0744. The number of hydrogen-bond acceptors (Lipinski definition) is 6. The number of rotatable bonds is 6. The van der Waals surface area contributed by atoms with Gasteiger partial charge in [-0.05, 0) is 31.2 Å². The molecular weight excluding hydrogens is 386 g/mol. The zero-order valence-electron chi connectivity index (χ0n) is 16.4. The molecular formula is C21H19N5O4. The van der Waals surface area contributed by atoms with E-state index in [-0.39, 0.29) is 29.4 Å². The first-order valence-corrected chi connectivity index (χ1v) is 9.20. The molecule has 30 heavy (non-hydrogen) atoms. The lowest BCUT2D eigenvalue weighted by atomic mass is 10.1. The van der Waals surface area contributed by atoms with Gasteiger partial charge in [-0.15, -0.1) is 10.2 Å². The molecule has 0 aliphatic carbocycles. The maximum atomic E-state index is 12.9. The second-order valence-corrected chi connectivity index (χ2v) is 6.64. The minimum Gasteiger partial charge on any atom is -0.478 e. The molecule has 0 atom stereocenters. The number of aromatic nitrogens is 4. The van der Waals surface area contributed by atoms with Crippen LogP contribution in [0.2, 0.25) is 0 Å². The summed E-state index contributed by atoms with van der Waals surface area (Å²) in [6.45, 7) is 1.96. The van der Waals surface area contributed by atoms with Crippen molar-refractivity contribution in [2.24, 2.45) is 7.05 Å². The van der Waals surface area contributed by atoms with Crippen LogP contribution in [0.15, 0.2) is 63.8 Å². The number of para-hydroxylation sites is 1. The van der Waals surface area contributed by atoms with Gasteiger partial charge in [0.05, 0.1) is 29.1 Å². The summed E-state index contributed by atoms with van der Waals surface area (Å²) < 4.78 is 8.96. The van der Waals surface area contributed by atoms with Crippen molar-refractivity contribution in [2.45, 2.75) is 13.5 Å². The lowest BCUT2D eigenvalue weighted by molar-refractivity contribution is 0.0697. The second kappa shape index (κ2) is 7.70. The lowest BCUT2D eigenvalue weighted by Gasteiger charge is -2.07. The highest BCUT2D eigenvalue weighted by molar-refractivity contribution is 5.94. The van der Waals surface area contributed by atoms with Gasteiger partial charge in [0.15, 0.2) is 0 Å². The molecule has 0 spiro atoms. The fourth-order valence-electron chi connectivity index (χ4n) is 3.23. The highest BCUT2D eigenvalue weighted by Gasteiger charge is 2.19. The maximum absolute atomic E-state index is 12.9. The molecule has 2 aromatic carbocycles. The van der Waals surface area contributed by atoms with Crippen LogP contribution in [0.1, 0.15) is 21.9 Å². The third-order valence-corrected chi connectivity index (χ3v) is 4.83. The highest BCUT2D eigenvalue weighted by atomic mass is 16.4. The van der Waals surface area contributed by atoms with Gasteiger partial charge in [0.2, 0.25) is 11.8 Å². The molecule has 9 nitrogen and oxygen atoms in total. The van der Waals surface area contributed by atoms with Gasteiger partial charge in [-0.1, -0.05) is 30.3 Å². The number of nitrogens with zero attached hydrogens (tertiary/aromatic N) is 4. The van der Waals surface area contributed by atoms with Crippen LogP contribution in [-0.2, 0) is 13.6 Å². The van der Waals surface area contributed by atoms with Crippen LogP contribution in [0.25, 0.3) is 17.1 Å². The molecule has 0 radical (unpaired) electrons. The average Bonchev–Trinajstić information content (AvgIpc) is 3.30. The summed E-state index contributed by atoms with van der Waals surface area (Å²) in [7, 11) is 1.81. The van der Waals surface area contributed by atoms with Crippen molar-refractivity contribution in [1.82, 2.24) is 19.6 Å². The largest absolute Gasteiger partial charge is 0.478 e. The fourth-order valence-corrected chi connectivity index (χ4v) is 3.23. The van der Waals surface area contributed by atoms with E-state index in [2.05, 4.69) is 15.5 Å². The van der Waals surface area contributed by atoms with Gasteiger partial charge in [0.25, 0.3) is 5.56 Å². The van der Waals surface area contributed by atoms with Gasteiger partial charge in [-0.25, -0.2) is 9.48 Å². The van der Waals surface area contributed by atoms with Crippen LogP contribution < -0.4 is 10.9 Å². The van der Waals surface area contributed by atoms with Crippen molar-refractivity contribution < 1.29 is 14.3 Å².